The molecule has 0 aliphatic rings. The number of carbonyl (C=O) groups excluding carboxylic acids is 1. The van der Waals surface area contributed by atoms with Gasteiger partial charge in [0.05, 0.1) is 13.3 Å². The summed E-state index contributed by atoms with van der Waals surface area (Å²) >= 11 is 1.52. The van der Waals surface area contributed by atoms with Gasteiger partial charge in [0.25, 0.3) is 5.91 Å². The minimum atomic E-state index is -0.369. The van der Waals surface area contributed by atoms with Crippen LogP contribution < -0.4 is 10.2 Å². The molecular weight excluding hydrogens is 264 g/mol. The van der Waals surface area contributed by atoms with Crippen LogP contribution >= 0.6 is 11.3 Å². The molecular formula is C13H12N2O3S. The van der Waals surface area contributed by atoms with Crippen LogP contribution in [0.15, 0.2) is 40.8 Å². The predicted molar refractivity (Wildman–Crippen MR) is 74.0 cm³/mol. The number of carbonyl (C=O) groups is 1. The molecule has 1 heterocycles. The summed E-state index contributed by atoms with van der Waals surface area (Å²) in [6, 6.07) is 8.14. The van der Waals surface area contributed by atoms with Crippen molar-refractivity contribution in [3.05, 3.63) is 46.2 Å². The number of phenolic OH excluding ortho intramolecular Hbond substituents is 1. The van der Waals surface area contributed by atoms with Gasteiger partial charge in [-0.25, -0.2) is 5.43 Å². The number of aromatic hydroxyl groups is 1. The summed E-state index contributed by atoms with van der Waals surface area (Å²) in [6.45, 7) is 0. The third kappa shape index (κ3) is 3.32. The number of hydrogen-bond donors (Lipinski definition) is 2. The van der Waals surface area contributed by atoms with E-state index in [4.69, 9.17) is 4.74 Å². The zero-order chi connectivity index (χ0) is 13.7. The quantitative estimate of drug-likeness (QED) is 0.664. The highest BCUT2D eigenvalue weighted by atomic mass is 32.1. The maximum atomic E-state index is 11.8. The molecule has 6 heteroatoms. The Kier molecular flexibility index (Phi) is 4.15. The third-order valence-corrected chi connectivity index (χ3v) is 3.15. The van der Waals surface area contributed by atoms with Crippen LogP contribution in [0.5, 0.6) is 11.5 Å². The fourth-order valence-corrected chi connectivity index (χ4v) is 1.99. The van der Waals surface area contributed by atoms with Gasteiger partial charge in [0.2, 0.25) is 0 Å². The number of methoxy groups -OCH3 is 1. The first-order valence-electron chi connectivity index (χ1n) is 5.44. The molecule has 0 unspecified atom stereocenters. The van der Waals surface area contributed by atoms with E-state index >= 15 is 0 Å². The molecule has 1 amide bonds. The molecule has 98 valence electrons. The van der Waals surface area contributed by atoms with Crippen molar-refractivity contribution in [3.8, 4) is 11.5 Å². The van der Waals surface area contributed by atoms with E-state index < -0.39 is 0 Å². The summed E-state index contributed by atoms with van der Waals surface area (Å²) in [5.41, 5.74) is 2.77. The van der Waals surface area contributed by atoms with Gasteiger partial charge in [0.15, 0.2) is 11.5 Å². The van der Waals surface area contributed by atoms with Crippen molar-refractivity contribution >= 4 is 23.5 Å². The zero-order valence-corrected chi connectivity index (χ0v) is 11.0. The Bertz CT molecular complexity index is 594. The minimum absolute atomic E-state index is 0.0128. The standard InChI is InChI=1S/C13H12N2O3S/c1-18-12-7-9(4-5-11(12)16)13(17)15-14-8-10-3-2-6-19-10/h2-8,16H,1H3,(H,15,17)/b14-8+. The Morgan fingerprint density at radius 2 is 2.32 bits per heavy atom. The first-order chi connectivity index (χ1) is 9.20. The highest BCUT2D eigenvalue weighted by Gasteiger charge is 2.08. The van der Waals surface area contributed by atoms with Crippen LogP contribution in [-0.4, -0.2) is 24.3 Å². The maximum absolute atomic E-state index is 11.8. The van der Waals surface area contributed by atoms with Gasteiger partial charge in [0, 0.05) is 10.4 Å². The van der Waals surface area contributed by atoms with Gasteiger partial charge in [-0.1, -0.05) is 6.07 Å². The van der Waals surface area contributed by atoms with Crippen LogP contribution in [0.2, 0.25) is 0 Å². The fourth-order valence-electron chi connectivity index (χ4n) is 1.40. The average Bonchev–Trinajstić information content (AvgIpc) is 2.92. The molecule has 5 nitrogen and oxygen atoms in total. The molecule has 0 radical (unpaired) electrons. The first-order valence-corrected chi connectivity index (χ1v) is 6.32. The highest BCUT2D eigenvalue weighted by molar-refractivity contribution is 7.11. The van der Waals surface area contributed by atoms with Gasteiger partial charge in [-0.05, 0) is 29.6 Å². The van der Waals surface area contributed by atoms with Crippen LogP contribution in [0.4, 0.5) is 0 Å². The van der Waals surface area contributed by atoms with E-state index in [9.17, 15) is 9.90 Å². The van der Waals surface area contributed by atoms with Gasteiger partial charge in [-0.15, -0.1) is 11.3 Å². The van der Waals surface area contributed by atoms with Crippen molar-refractivity contribution in [2.24, 2.45) is 5.10 Å². The fraction of sp³-hybridized carbons (Fsp3) is 0.0769. The van der Waals surface area contributed by atoms with Crippen LogP contribution in [-0.2, 0) is 0 Å². The minimum Gasteiger partial charge on any atom is -0.504 e. The lowest BCUT2D eigenvalue weighted by molar-refractivity contribution is 0.0955. The molecule has 1 aromatic carbocycles. The number of ether oxygens (including phenoxy) is 1. The predicted octanol–water partition coefficient (Wildman–Crippen LogP) is 2.23. The second-order valence-electron chi connectivity index (χ2n) is 3.60. The number of hydrogen-bond acceptors (Lipinski definition) is 5. The molecule has 0 spiro atoms. The SMILES string of the molecule is COc1cc(C(=O)N/N=C/c2cccs2)ccc1O. The Balaban J connectivity index is 2.04. The number of rotatable bonds is 4. The third-order valence-electron chi connectivity index (χ3n) is 2.34. The summed E-state index contributed by atoms with van der Waals surface area (Å²) in [5.74, 6) is -0.137. The number of hydrazone groups is 1. The van der Waals surface area contributed by atoms with E-state index in [-0.39, 0.29) is 17.4 Å². The van der Waals surface area contributed by atoms with E-state index in [2.05, 4.69) is 10.5 Å². The summed E-state index contributed by atoms with van der Waals surface area (Å²) in [4.78, 5) is 12.7. The maximum Gasteiger partial charge on any atom is 0.271 e. The average molecular weight is 276 g/mol. The molecule has 19 heavy (non-hydrogen) atoms. The topological polar surface area (TPSA) is 70.9 Å². The largest absolute Gasteiger partial charge is 0.504 e. The normalized spacial score (nSPS) is 10.6. The molecule has 1 aromatic heterocycles. The van der Waals surface area contributed by atoms with Crippen molar-refractivity contribution in [1.29, 1.82) is 0 Å². The molecule has 0 saturated heterocycles. The van der Waals surface area contributed by atoms with Gasteiger partial charge in [-0.3, -0.25) is 4.79 Å². The number of benzene rings is 1. The van der Waals surface area contributed by atoms with E-state index in [1.54, 1.807) is 6.21 Å². The number of phenols is 1. The Morgan fingerprint density at radius 1 is 1.47 bits per heavy atom. The summed E-state index contributed by atoms with van der Waals surface area (Å²) in [5, 5.41) is 15.2. The van der Waals surface area contributed by atoms with Crippen molar-refractivity contribution < 1.29 is 14.6 Å². The van der Waals surface area contributed by atoms with Crippen molar-refractivity contribution in [2.45, 2.75) is 0 Å². The van der Waals surface area contributed by atoms with E-state index in [0.29, 0.717) is 5.56 Å². The number of nitrogens with zero attached hydrogens (tertiary/aromatic N) is 1. The zero-order valence-electron chi connectivity index (χ0n) is 10.2. The van der Waals surface area contributed by atoms with Crippen LogP contribution in [0.3, 0.4) is 0 Å². The van der Waals surface area contributed by atoms with E-state index in [1.807, 2.05) is 17.5 Å². The first kappa shape index (κ1) is 13.1. The number of amides is 1. The monoisotopic (exact) mass is 276 g/mol. The molecule has 2 aromatic rings. The molecule has 0 bridgehead atoms. The van der Waals surface area contributed by atoms with Crippen LogP contribution in [0, 0.1) is 0 Å². The summed E-state index contributed by atoms with van der Waals surface area (Å²) < 4.78 is 4.93. The van der Waals surface area contributed by atoms with Gasteiger partial charge < -0.3 is 9.84 Å². The van der Waals surface area contributed by atoms with E-state index in [1.165, 1.54) is 36.6 Å². The van der Waals surface area contributed by atoms with Crippen molar-refractivity contribution in [3.63, 3.8) is 0 Å². The lowest BCUT2D eigenvalue weighted by Crippen LogP contribution is -2.17. The molecule has 0 fully saturated rings. The molecule has 0 atom stereocenters. The van der Waals surface area contributed by atoms with Crippen molar-refractivity contribution in [2.75, 3.05) is 7.11 Å². The lowest BCUT2D eigenvalue weighted by atomic mass is 10.2. The molecule has 0 aliphatic heterocycles. The Morgan fingerprint density at radius 3 is 3.00 bits per heavy atom. The van der Waals surface area contributed by atoms with Crippen LogP contribution in [0.1, 0.15) is 15.2 Å². The molecule has 2 N–H and O–H groups in total. The smallest absolute Gasteiger partial charge is 0.271 e. The van der Waals surface area contributed by atoms with Gasteiger partial charge in [-0.2, -0.15) is 5.10 Å². The Labute approximate surface area is 114 Å². The second kappa shape index (κ2) is 6.01. The van der Waals surface area contributed by atoms with Gasteiger partial charge in [0.1, 0.15) is 0 Å². The number of thiophene rings is 1. The molecule has 0 saturated carbocycles. The molecule has 0 aliphatic carbocycles. The summed E-state index contributed by atoms with van der Waals surface area (Å²) in [7, 11) is 1.42. The molecule has 2 rings (SSSR count). The Hall–Kier alpha value is -2.34. The van der Waals surface area contributed by atoms with Crippen LogP contribution in [0.25, 0.3) is 0 Å². The second-order valence-corrected chi connectivity index (χ2v) is 4.58. The summed E-state index contributed by atoms with van der Waals surface area (Å²) in [6.07, 6.45) is 1.57. The lowest BCUT2D eigenvalue weighted by Gasteiger charge is -2.05. The van der Waals surface area contributed by atoms with Crippen molar-refractivity contribution in [1.82, 2.24) is 5.43 Å². The van der Waals surface area contributed by atoms with Gasteiger partial charge >= 0.3 is 0 Å². The highest BCUT2D eigenvalue weighted by Crippen LogP contribution is 2.26. The number of nitrogens with one attached hydrogen (secondary N) is 1. The van der Waals surface area contributed by atoms with E-state index in [0.717, 1.165) is 4.88 Å².